The molecule has 0 saturated carbocycles. The number of likely N-dealkylation sites (tertiary alicyclic amines) is 1. The first-order valence-electron chi connectivity index (χ1n) is 7.79. The Morgan fingerprint density at radius 1 is 1.17 bits per heavy atom. The van der Waals surface area contributed by atoms with Crippen LogP contribution in [0.1, 0.15) is 12.8 Å². The van der Waals surface area contributed by atoms with E-state index >= 15 is 0 Å². The summed E-state index contributed by atoms with van der Waals surface area (Å²) in [6.45, 7) is 3.61. The monoisotopic (exact) mass is 316 g/mol. The summed E-state index contributed by atoms with van der Waals surface area (Å²) in [4.78, 5) is 6.54. The lowest BCUT2D eigenvalue weighted by Gasteiger charge is -2.15. The largest absolute Gasteiger partial charge is 0.492 e. The first kappa shape index (κ1) is 15.6. The van der Waals surface area contributed by atoms with E-state index in [2.05, 4.69) is 9.88 Å². The van der Waals surface area contributed by atoms with E-state index in [1.165, 1.54) is 25.0 Å². The molecule has 0 unspecified atom stereocenters. The minimum absolute atomic E-state index is 0.348. The van der Waals surface area contributed by atoms with Gasteiger partial charge < -0.3 is 16.2 Å². The highest BCUT2D eigenvalue weighted by molar-refractivity contribution is 5.81. The van der Waals surface area contributed by atoms with E-state index in [-0.39, 0.29) is 5.82 Å². The number of hydrogen-bond acceptors (Lipinski definition) is 5. The Hall–Kier alpha value is -2.34. The van der Waals surface area contributed by atoms with Crippen LogP contribution in [0.3, 0.4) is 0 Å². The van der Waals surface area contributed by atoms with Gasteiger partial charge in [-0.25, -0.2) is 4.39 Å². The van der Waals surface area contributed by atoms with Gasteiger partial charge in [0.1, 0.15) is 18.2 Å². The number of nitrogens with zero attached hydrogens (tertiary/aromatic N) is 2. The third kappa shape index (κ3) is 3.71. The Balaban J connectivity index is 1.74. The summed E-state index contributed by atoms with van der Waals surface area (Å²) >= 11 is 0. The smallest absolute Gasteiger partial charge is 0.127 e. The molecule has 3 rings (SSSR count). The second-order valence-electron chi connectivity index (χ2n) is 5.74. The van der Waals surface area contributed by atoms with Crippen LogP contribution in [0.5, 0.6) is 5.75 Å². The van der Waals surface area contributed by atoms with Crippen molar-refractivity contribution in [3.8, 4) is 17.0 Å². The van der Waals surface area contributed by atoms with Crippen LogP contribution < -0.4 is 16.2 Å². The zero-order valence-corrected chi connectivity index (χ0v) is 13.0. The summed E-state index contributed by atoms with van der Waals surface area (Å²) in [7, 11) is 0. The maximum Gasteiger partial charge on any atom is 0.127 e. The Kier molecular flexibility index (Phi) is 4.62. The molecule has 1 aliphatic rings. The number of anilines is 2. The van der Waals surface area contributed by atoms with Crippen molar-refractivity contribution in [3.63, 3.8) is 0 Å². The van der Waals surface area contributed by atoms with Gasteiger partial charge in [0.2, 0.25) is 0 Å². The summed E-state index contributed by atoms with van der Waals surface area (Å²) < 4.78 is 19.6. The van der Waals surface area contributed by atoms with Gasteiger partial charge in [-0.3, -0.25) is 9.88 Å². The minimum Gasteiger partial charge on any atom is -0.492 e. The molecule has 1 fully saturated rings. The predicted octanol–water partition coefficient (Wildman–Crippen LogP) is 2.53. The average molecular weight is 316 g/mol. The van der Waals surface area contributed by atoms with Crippen molar-refractivity contribution in [2.75, 3.05) is 37.7 Å². The van der Waals surface area contributed by atoms with E-state index in [1.54, 1.807) is 18.3 Å². The molecule has 1 aliphatic heterocycles. The Labute approximate surface area is 135 Å². The molecule has 6 heteroatoms. The highest BCUT2D eigenvalue weighted by atomic mass is 19.1. The lowest BCUT2D eigenvalue weighted by molar-refractivity contribution is 0.237. The fourth-order valence-corrected chi connectivity index (χ4v) is 2.80. The zero-order chi connectivity index (χ0) is 16.2. The average Bonchev–Trinajstić information content (AvgIpc) is 3.03. The van der Waals surface area contributed by atoms with Gasteiger partial charge in [0.15, 0.2) is 0 Å². The van der Waals surface area contributed by atoms with Crippen molar-refractivity contribution < 1.29 is 9.13 Å². The van der Waals surface area contributed by atoms with Crippen LogP contribution in [0, 0.1) is 5.82 Å². The van der Waals surface area contributed by atoms with E-state index in [9.17, 15) is 4.39 Å². The highest BCUT2D eigenvalue weighted by Gasteiger charge is 2.12. The Morgan fingerprint density at radius 3 is 2.74 bits per heavy atom. The molecule has 0 bridgehead atoms. The maximum absolute atomic E-state index is 13.9. The molecule has 2 heterocycles. The molecular formula is C17H21FN4O. The van der Waals surface area contributed by atoms with Gasteiger partial charge in [-0.2, -0.15) is 0 Å². The molecule has 1 aromatic carbocycles. The van der Waals surface area contributed by atoms with Crippen molar-refractivity contribution in [1.29, 1.82) is 0 Å². The van der Waals surface area contributed by atoms with Crippen molar-refractivity contribution in [3.05, 3.63) is 36.3 Å². The van der Waals surface area contributed by atoms with Crippen molar-refractivity contribution in [2.45, 2.75) is 12.8 Å². The van der Waals surface area contributed by atoms with Gasteiger partial charge in [0.05, 0.1) is 17.1 Å². The number of nitrogens with two attached hydrogens (primary N) is 2. The SMILES string of the molecule is Nc1ccnc(-c2cc(F)cc(OCCN3CCCC3)c2)c1N. The minimum atomic E-state index is -0.387. The second kappa shape index (κ2) is 6.83. The van der Waals surface area contributed by atoms with E-state index in [0.717, 1.165) is 19.6 Å². The third-order valence-electron chi connectivity index (χ3n) is 4.04. The molecule has 0 radical (unpaired) electrons. The quantitative estimate of drug-likeness (QED) is 0.886. The number of halogens is 1. The van der Waals surface area contributed by atoms with Gasteiger partial charge in [0, 0.05) is 24.4 Å². The number of pyridine rings is 1. The Bertz CT molecular complexity index is 686. The molecule has 0 aliphatic carbocycles. The van der Waals surface area contributed by atoms with Gasteiger partial charge in [-0.05, 0) is 44.1 Å². The molecule has 5 nitrogen and oxygen atoms in total. The second-order valence-corrected chi connectivity index (χ2v) is 5.74. The first-order chi connectivity index (χ1) is 11.1. The fraction of sp³-hybridized carbons (Fsp3) is 0.353. The molecule has 2 aromatic rings. The molecule has 1 aromatic heterocycles. The highest BCUT2D eigenvalue weighted by Crippen LogP contribution is 2.30. The van der Waals surface area contributed by atoms with Crippen LogP contribution in [-0.2, 0) is 0 Å². The first-order valence-corrected chi connectivity index (χ1v) is 7.79. The van der Waals surface area contributed by atoms with Crippen LogP contribution >= 0.6 is 0 Å². The summed E-state index contributed by atoms with van der Waals surface area (Å²) in [6, 6.07) is 6.11. The van der Waals surface area contributed by atoms with Crippen LogP contribution in [0.2, 0.25) is 0 Å². The number of nitrogen functional groups attached to an aromatic ring is 2. The van der Waals surface area contributed by atoms with Crippen LogP contribution in [0.25, 0.3) is 11.3 Å². The van der Waals surface area contributed by atoms with Crippen molar-refractivity contribution >= 4 is 11.4 Å². The maximum atomic E-state index is 13.9. The van der Waals surface area contributed by atoms with Crippen LogP contribution in [0.15, 0.2) is 30.5 Å². The molecule has 1 saturated heterocycles. The predicted molar refractivity (Wildman–Crippen MR) is 89.6 cm³/mol. The molecular weight excluding hydrogens is 295 g/mol. The summed E-state index contributed by atoms with van der Waals surface area (Å²) in [5.41, 5.74) is 13.5. The molecule has 0 amide bonds. The molecule has 0 atom stereocenters. The molecule has 23 heavy (non-hydrogen) atoms. The summed E-state index contributed by atoms with van der Waals surface area (Å²) in [5, 5.41) is 0. The van der Waals surface area contributed by atoms with E-state index in [1.807, 2.05) is 0 Å². The number of rotatable bonds is 5. The number of benzene rings is 1. The van der Waals surface area contributed by atoms with E-state index in [4.69, 9.17) is 16.2 Å². The van der Waals surface area contributed by atoms with Gasteiger partial charge in [-0.1, -0.05) is 0 Å². The molecule has 0 spiro atoms. The Morgan fingerprint density at radius 2 is 1.96 bits per heavy atom. The fourth-order valence-electron chi connectivity index (χ4n) is 2.80. The van der Waals surface area contributed by atoms with Crippen molar-refractivity contribution in [2.24, 2.45) is 0 Å². The number of ether oxygens (including phenoxy) is 1. The van der Waals surface area contributed by atoms with Gasteiger partial charge >= 0.3 is 0 Å². The number of hydrogen-bond donors (Lipinski definition) is 2. The summed E-state index contributed by atoms with van der Waals surface area (Å²) in [6.07, 6.45) is 4.04. The van der Waals surface area contributed by atoms with Crippen LogP contribution in [-0.4, -0.2) is 36.1 Å². The topological polar surface area (TPSA) is 77.4 Å². The van der Waals surface area contributed by atoms with Gasteiger partial charge in [0.25, 0.3) is 0 Å². The third-order valence-corrected chi connectivity index (χ3v) is 4.04. The zero-order valence-electron chi connectivity index (χ0n) is 13.0. The van der Waals surface area contributed by atoms with Crippen molar-refractivity contribution in [1.82, 2.24) is 9.88 Å². The van der Waals surface area contributed by atoms with E-state index in [0.29, 0.717) is 35.0 Å². The van der Waals surface area contributed by atoms with Crippen LogP contribution in [0.4, 0.5) is 15.8 Å². The molecule has 4 N–H and O–H groups in total. The summed E-state index contributed by atoms with van der Waals surface area (Å²) in [5.74, 6) is 0.0881. The van der Waals surface area contributed by atoms with E-state index < -0.39 is 0 Å². The number of aromatic nitrogens is 1. The standard InChI is InChI=1S/C17H21FN4O/c18-13-9-12(17-16(20)15(19)3-4-21-17)10-14(11-13)23-8-7-22-5-1-2-6-22/h3-4,9-11H,1-2,5-8,20H2,(H2,19,21). The van der Waals surface area contributed by atoms with Gasteiger partial charge in [-0.15, -0.1) is 0 Å². The lowest BCUT2D eigenvalue weighted by atomic mass is 10.1. The normalized spacial score (nSPS) is 15.0. The molecule has 122 valence electrons. The lowest BCUT2D eigenvalue weighted by Crippen LogP contribution is -2.25.